The van der Waals surface area contributed by atoms with Crippen molar-refractivity contribution in [1.29, 1.82) is 5.26 Å². The van der Waals surface area contributed by atoms with Crippen LogP contribution in [0.3, 0.4) is 0 Å². The summed E-state index contributed by atoms with van der Waals surface area (Å²) in [5.74, 6) is 0. The highest BCUT2D eigenvalue weighted by molar-refractivity contribution is 14.1. The first kappa shape index (κ1) is 9.97. The Hall–Kier alpha value is -0.560. The Labute approximate surface area is 98.3 Å². The van der Waals surface area contributed by atoms with Gasteiger partial charge in [0.15, 0.2) is 0 Å². The second kappa shape index (κ2) is 3.90. The molecule has 1 aromatic rings. The average Bonchev–Trinajstić information content (AvgIpc) is 2.67. The molecule has 0 heterocycles. The van der Waals surface area contributed by atoms with Crippen LogP contribution in [0.1, 0.15) is 31.2 Å². The molecule has 0 radical (unpaired) electrons. The van der Waals surface area contributed by atoms with Gasteiger partial charge in [0.25, 0.3) is 0 Å². The van der Waals surface area contributed by atoms with E-state index in [-0.39, 0.29) is 5.41 Å². The summed E-state index contributed by atoms with van der Waals surface area (Å²) in [5.41, 5.74) is 1.03. The third kappa shape index (κ3) is 1.66. The highest BCUT2D eigenvalue weighted by Crippen LogP contribution is 2.40. The molecule has 72 valence electrons. The Bertz CT molecular complexity index is 372. The summed E-state index contributed by atoms with van der Waals surface area (Å²) in [4.78, 5) is 0. The van der Waals surface area contributed by atoms with Gasteiger partial charge >= 0.3 is 0 Å². The van der Waals surface area contributed by atoms with Crippen LogP contribution in [0, 0.1) is 14.9 Å². The zero-order chi connectivity index (χ0) is 10.0. The van der Waals surface area contributed by atoms with Gasteiger partial charge in [-0.3, -0.25) is 0 Å². The molecule has 0 atom stereocenters. The second-order valence-electron chi connectivity index (χ2n) is 3.91. The predicted octanol–water partition coefficient (Wildman–Crippen LogP) is 3.63. The monoisotopic (exact) mass is 297 g/mol. The average molecular weight is 297 g/mol. The number of halogens is 1. The molecule has 0 aliphatic heterocycles. The molecule has 0 N–H and O–H groups in total. The van der Waals surface area contributed by atoms with Gasteiger partial charge in [-0.25, -0.2) is 0 Å². The summed E-state index contributed by atoms with van der Waals surface area (Å²) in [6.07, 6.45) is 4.45. The van der Waals surface area contributed by atoms with Gasteiger partial charge < -0.3 is 0 Å². The minimum Gasteiger partial charge on any atom is -0.197 e. The van der Waals surface area contributed by atoms with Crippen LogP contribution < -0.4 is 0 Å². The van der Waals surface area contributed by atoms with Crippen LogP contribution in [-0.2, 0) is 5.41 Å². The van der Waals surface area contributed by atoms with Crippen LogP contribution in [0.25, 0.3) is 0 Å². The molecule has 0 aromatic heterocycles. The van der Waals surface area contributed by atoms with Crippen molar-refractivity contribution in [1.82, 2.24) is 0 Å². The van der Waals surface area contributed by atoms with Gasteiger partial charge in [0.05, 0.1) is 11.5 Å². The molecule has 1 aliphatic rings. The summed E-state index contributed by atoms with van der Waals surface area (Å²) < 4.78 is 1.22. The lowest BCUT2D eigenvalue weighted by atomic mass is 9.80. The minimum absolute atomic E-state index is 0.179. The molecule has 0 amide bonds. The maximum absolute atomic E-state index is 9.31. The largest absolute Gasteiger partial charge is 0.197 e. The molecule has 0 spiro atoms. The molecule has 2 heteroatoms. The Morgan fingerprint density at radius 1 is 1.29 bits per heavy atom. The Kier molecular flexibility index (Phi) is 2.78. The summed E-state index contributed by atoms with van der Waals surface area (Å²) in [7, 11) is 0. The first-order valence-corrected chi connectivity index (χ1v) is 6.02. The van der Waals surface area contributed by atoms with E-state index in [1.54, 1.807) is 0 Å². The highest BCUT2D eigenvalue weighted by Gasteiger charge is 2.35. The van der Waals surface area contributed by atoms with E-state index in [1.165, 1.54) is 22.0 Å². The van der Waals surface area contributed by atoms with Crippen molar-refractivity contribution < 1.29 is 0 Å². The number of rotatable bonds is 1. The SMILES string of the molecule is N#CC1(c2cccc(I)c2)CCCC1. The summed E-state index contributed by atoms with van der Waals surface area (Å²) in [5, 5.41) is 9.31. The lowest BCUT2D eigenvalue weighted by Gasteiger charge is -2.20. The van der Waals surface area contributed by atoms with Crippen molar-refractivity contribution in [2.45, 2.75) is 31.1 Å². The fourth-order valence-corrected chi connectivity index (χ4v) is 2.77. The molecule has 1 fully saturated rings. The third-order valence-corrected chi connectivity index (χ3v) is 3.72. The van der Waals surface area contributed by atoms with Crippen molar-refractivity contribution in [2.75, 3.05) is 0 Å². The van der Waals surface area contributed by atoms with E-state index in [0.717, 1.165) is 12.8 Å². The lowest BCUT2D eigenvalue weighted by Crippen LogP contribution is -2.19. The van der Waals surface area contributed by atoms with E-state index < -0.39 is 0 Å². The number of hydrogen-bond donors (Lipinski definition) is 0. The third-order valence-electron chi connectivity index (χ3n) is 3.05. The molecule has 2 rings (SSSR count). The summed E-state index contributed by atoms with van der Waals surface area (Å²) in [6, 6.07) is 10.9. The molecule has 14 heavy (non-hydrogen) atoms. The van der Waals surface area contributed by atoms with Crippen molar-refractivity contribution in [3.8, 4) is 6.07 Å². The zero-order valence-electron chi connectivity index (χ0n) is 7.96. The van der Waals surface area contributed by atoms with Gasteiger partial charge in [0.1, 0.15) is 0 Å². The molecular formula is C12H12IN. The highest BCUT2D eigenvalue weighted by atomic mass is 127. The van der Waals surface area contributed by atoms with Crippen LogP contribution in [0.15, 0.2) is 24.3 Å². The maximum Gasteiger partial charge on any atom is 0.0822 e. The van der Waals surface area contributed by atoms with Crippen LogP contribution in [0.4, 0.5) is 0 Å². The summed E-state index contributed by atoms with van der Waals surface area (Å²) in [6.45, 7) is 0. The van der Waals surface area contributed by atoms with Gasteiger partial charge in [0, 0.05) is 3.57 Å². The van der Waals surface area contributed by atoms with E-state index in [2.05, 4.69) is 52.9 Å². The maximum atomic E-state index is 9.31. The Balaban J connectivity index is 2.42. The van der Waals surface area contributed by atoms with Gasteiger partial charge in [-0.1, -0.05) is 25.0 Å². The van der Waals surface area contributed by atoms with Gasteiger partial charge in [-0.15, -0.1) is 0 Å². The fraction of sp³-hybridized carbons (Fsp3) is 0.417. The van der Waals surface area contributed by atoms with Crippen molar-refractivity contribution in [2.24, 2.45) is 0 Å². The number of hydrogen-bond acceptors (Lipinski definition) is 1. The predicted molar refractivity (Wildman–Crippen MR) is 64.9 cm³/mol. The van der Waals surface area contributed by atoms with E-state index in [9.17, 15) is 5.26 Å². The van der Waals surface area contributed by atoms with Gasteiger partial charge in [0.2, 0.25) is 0 Å². The van der Waals surface area contributed by atoms with E-state index in [4.69, 9.17) is 0 Å². The molecule has 1 aromatic carbocycles. The first-order valence-electron chi connectivity index (χ1n) is 4.94. The molecule has 0 saturated heterocycles. The molecule has 1 saturated carbocycles. The van der Waals surface area contributed by atoms with Crippen LogP contribution in [0.5, 0.6) is 0 Å². The van der Waals surface area contributed by atoms with E-state index in [1.807, 2.05) is 0 Å². The van der Waals surface area contributed by atoms with E-state index in [0.29, 0.717) is 0 Å². The molecule has 0 bridgehead atoms. The number of nitrogens with zero attached hydrogens (tertiary/aromatic N) is 1. The second-order valence-corrected chi connectivity index (χ2v) is 5.16. The zero-order valence-corrected chi connectivity index (χ0v) is 10.1. The lowest BCUT2D eigenvalue weighted by molar-refractivity contribution is 0.572. The fourth-order valence-electron chi connectivity index (χ4n) is 2.23. The molecule has 1 nitrogen and oxygen atoms in total. The van der Waals surface area contributed by atoms with Gasteiger partial charge in [-0.05, 0) is 53.1 Å². The topological polar surface area (TPSA) is 23.8 Å². The smallest absolute Gasteiger partial charge is 0.0822 e. The first-order chi connectivity index (χ1) is 6.77. The number of nitriles is 1. The molecular weight excluding hydrogens is 285 g/mol. The van der Waals surface area contributed by atoms with Crippen molar-refractivity contribution in [3.05, 3.63) is 33.4 Å². The summed E-state index contributed by atoms with van der Waals surface area (Å²) >= 11 is 2.31. The number of benzene rings is 1. The van der Waals surface area contributed by atoms with Crippen LogP contribution in [-0.4, -0.2) is 0 Å². The molecule has 1 aliphatic carbocycles. The Morgan fingerprint density at radius 3 is 2.57 bits per heavy atom. The van der Waals surface area contributed by atoms with Crippen molar-refractivity contribution in [3.63, 3.8) is 0 Å². The van der Waals surface area contributed by atoms with Crippen LogP contribution in [0.2, 0.25) is 0 Å². The normalized spacial score (nSPS) is 19.1. The van der Waals surface area contributed by atoms with Crippen LogP contribution >= 0.6 is 22.6 Å². The molecule has 0 unspecified atom stereocenters. The standard InChI is InChI=1S/C12H12IN/c13-11-5-3-4-10(8-11)12(9-14)6-1-2-7-12/h3-5,8H,1-2,6-7H2. The Morgan fingerprint density at radius 2 is 2.00 bits per heavy atom. The quantitative estimate of drug-likeness (QED) is 0.726. The minimum atomic E-state index is -0.179. The van der Waals surface area contributed by atoms with E-state index >= 15 is 0 Å². The van der Waals surface area contributed by atoms with Crippen molar-refractivity contribution >= 4 is 22.6 Å². The van der Waals surface area contributed by atoms with Gasteiger partial charge in [-0.2, -0.15) is 5.26 Å².